The first kappa shape index (κ1) is 25.9. The fourth-order valence-electron chi connectivity index (χ4n) is 1.14. The third-order valence-corrected chi connectivity index (χ3v) is 1.49. The number of hydrogen-bond acceptors (Lipinski definition) is 3. The van der Waals surface area contributed by atoms with Crippen LogP contribution in [-0.2, 0) is 26.2 Å². The standard InChI is InChI=1S/C10H15.3CH4O.Zr/c1-10(2,3)8-9-6-4-5-7-9;3*1-2;/h4,6H,5,8H2,1-3H3;3*2H,1H3;/q-1;;;;. The van der Waals surface area contributed by atoms with Gasteiger partial charge in [-0.3, -0.25) is 6.08 Å². The van der Waals surface area contributed by atoms with E-state index in [9.17, 15) is 0 Å². The number of aliphatic hydroxyl groups is 3. The van der Waals surface area contributed by atoms with E-state index >= 15 is 0 Å². The Bertz CT molecular complexity index is 182. The molecule has 0 saturated carbocycles. The van der Waals surface area contributed by atoms with Gasteiger partial charge in [0.1, 0.15) is 0 Å². The first-order valence-corrected chi connectivity index (χ1v) is 5.18. The Balaban J connectivity index is -0.000000106. The maximum Gasteiger partial charge on any atom is 0.0319 e. The Kier molecular flexibility index (Phi) is 28.4. The number of aliphatic hydroxyl groups excluding tert-OH is 3. The van der Waals surface area contributed by atoms with Crippen molar-refractivity contribution in [2.75, 3.05) is 21.3 Å². The molecule has 0 aromatic carbocycles. The smallest absolute Gasteiger partial charge is 0.0319 e. The van der Waals surface area contributed by atoms with Crippen LogP contribution in [0.2, 0.25) is 0 Å². The van der Waals surface area contributed by atoms with Crippen molar-refractivity contribution in [3.63, 3.8) is 0 Å². The Labute approximate surface area is 125 Å². The molecular formula is C13H27O3Zr-. The zero-order valence-corrected chi connectivity index (χ0v) is 14.4. The van der Waals surface area contributed by atoms with Crippen LogP contribution < -0.4 is 0 Å². The van der Waals surface area contributed by atoms with Gasteiger partial charge in [-0.15, -0.1) is 6.42 Å². The van der Waals surface area contributed by atoms with Crippen LogP contribution in [0.25, 0.3) is 0 Å². The van der Waals surface area contributed by atoms with E-state index in [-0.39, 0.29) is 26.2 Å². The van der Waals surface area contributed by atoms with Gasteiger partial charge in [0.25, 0.3) is 0 Å². The Hall–Kier alpha value is 0.243. The molecule has 0 amide bonds. The Morgan fingerprint density at radius 3 is 1.71 bits per heavy atom. The normalized spacial score (nSPS) is 11.5. The summed E-state index contributed by atoms with van der Waals surface area (Å²) < 4.78 is 0. The first-order chi connectivity index (χ1) is 7.58. The number of rotatable bonds is 1. The summed E-state index contributed by atoms with van der Waals surface area (Å²) in [5, 5.41) is 21.0. The topological polar surface area (TPSA) is 60.7 Å². The zero-order chi connectivity index (χ0) is 13.6. The molecule has 0 spiro atoms. The molecule has 1 aliphatic carbocycles. The summed E-state index contributed by atoms with van der Waals surface area (Å²) >= 11 is 0. The van der Waals surface area contributed by atoms with Crippen molar-refractivity contribution < 1.29 is 41.5 Å². The Morgan fingerprint density at radius 1 is 1.06 bits per heavy atom. The van der Waals surface area contributed by atoms with Crippen LogP contribution in [0.3, 0.4) is 0 Å². The van der Waals surface area contributed by atoms with E-state index in [2.05, 4.69) is 39.0 Å². The van der Waals surface area contributed by atoms with Gasteiger partial charge in [-0.2, -0.15) is 6.08 Å². The molecule has 0 radical (unpaired) electrons. The molecule has 0 heterocycles. The minimum atomic E-state index is 0. The van der Waals surface area contributed by atoms with E-state index in [1.165, 1.54) is 5.57 Å². The molecule has 3 nitrogen and oxygen atoms in total. The predicted octanol–water partition coefficient (Wildman–Crippen LogP) is 1.94. The van der Waals surface area contributed by atoms with Gasteiger partial charge in [0.05, 0.1) is 0 Å². The van der Waals surface area contributed by atoms with Gasteiger partial charge >= 0.3 is 0 Å². The monoisotopic (exact) mass is 321 g/mol. The number of allylic oxidation sites excluding steroid dienone is 4. The van der Waals surface area contributed by atoms with E-state index in [1.54, 1.807) is 0 Å². The van der Waals surface area contributed by atoms with Crippen molar-refractivity contribution in [1.82, 2.24) is 0 Å². The van der Waals surface area contributed by atoms with Gasteiger partial charge < -0.3 is 15.3 Å². The molecule has 0 aliphatic heterocycles. The van der Waals surface area contributed by atoms with Crippen molar-refractivity contribution in [1.29, 1.82) is 0 Å². The zero-order valence-electron chi connectivity index (χ0n) is 11.9. The molecule has 102 valence electrons. The van der Waals surface area contributed by atoms with E-state index < -0.39 is 0 Å². The average Bonchev–Trinajstić information content (AvgIpc) is 2.77. The number of hydrogen-bond donors (Lipinski definition) is 3. The summed E-state index contributed by atoms with van der Waals surface area (Å²) in [5.74, 6) is 0. The minimum absolute atomic E-state index is 0. The molecule has 0 bridgehead atoms. The molecule has 1 aliphatic rings. The second-order valence-corrected chi connectivity index (χ2v) is 4.05. The summed E-state index contributed by atoms with van der Waals surface area (Å²) in [6.07, 6.45) is 9.85. The molecule has 0 saturated heterocycles. The maximum absolute atomic E-state index is 7.00. The van der Waals surface area contributed by atoms with Gasteiger partial charge in [0.2, 0.25) is 0 Å². The van der Waals surface area contributed by atoms with Crippen molar-refractivity contribution in [3.8, 4) is 0 Å². The summed E-state index contributed by atoms with van der Waals surface area (Å²) in [7, 11) is 3.00. The molecule has 1 rings (SSSR count). The molecule has 0 unspecified atom stereocenters. The maximum atomic E-state index is 7.00. The molecule has 0 fully saturated rings. The average molecular weight is 323 g/mol. The van der Waals surface area contributed by atoms with Crippen LogP contribution in [0.1, 0.15) is 33.6 Å². The fraction of sp³-hybridized carbons (Fsp3) is 0.692. The largest absolute Gasteiger partial charge is 0.400 e. The van der Waals surface area contributed by atoms with Gasteiger partial charge in [0.15, 0.2) is 0 Å². The van der Waals surface area contributed by atoms with E-state index in [0.717, 1.165) is 34.2 Å². The van der Waals surface area contributed by atoms with Crippen LogP contribution in [0.15, 0.2) is 17.7 Å². The molecule has 0 atom stereocenters. The molecule has 4 heteroatoms. The van der Waals surface area contributed by atoms with Gasteiger partial charge in [0, 0.05) is 47.5 Å². The van der Waals surface area contributed by atoms with Crippen LogP contribution in [-0.4, -0.2) is 36.6 Å². The van der Waals surface area contributed by atoms with E-state index in [1.807, 2.05) is 0 Å². The van der Waals surface area contributed by atoms with Crippen molar-refractivity contribution >= 4 is 0 Å². The Morgan fingerprint density at radius 2 is 1.47 bits per heavy atom. The molecule has 17 heavy (non-hydrogen) atoms. The SMILES string of the molecule is CC(C)(C)CC1=[C-]CC=C1.CO.CO.CO.[Zr]. The summed E-state index contributed by atoms with van der Waals surface area (Å²) in [4.78, 5) is 0. The second kappa shape index (κ2) is 18.6. The third-order valence-electron chi connectivity index (χ3n) is 1.49. The van der Waals surface area contributed by atoms with Gasteiger partial charge in [-0.05, 0) is 5.41 Å². The van der Waals surface area contributed by atoms with Crippen molar-refractivity contribution in [2.45, 2.75) is 33.6 Å². The van der Waals surface area contributed by atoms with Crippen LogP contribution in [0.5, 0.6) is 0 Å². The van der Waals surface area contributed by atoms with E-state index in [4.69, 9.17) is 15.3 Å². The van der Waals surface area contributed by atoms with Gasteiger partial charge in [-0.1, -0.05) is 27.2 Å². The van der Waals surface area contributed by atoms with E-state index in [0.29, 0.717) is 5.41 Å². The third kappa shape index (κ3) is 22.0. The van der Waals surface area contributed by atoms with Crippen LogP contribution in [0, 0.1) is 11.5 Å². The fourth-order valence-corrected chi connectivity index (χ4v) is 1.14. The molecule has 3 N–H and O–H groups in total. The molecule has 0 aromatic heterocycles. The van der Waals surface area contributed by atoms with Crippen molar-refractivity contribution in [2.24, 2.45) is 5.41 Å². The van der Waals surface area contributed by atoms with Gasteiger partial charge in [-0.25, -0.2) is 11.6 Å². The minimum Gasteiger partial charge on any atom is -0.400 e. The molecule has 0 aromatic rings. The second-order valence-electron chi connectivity index (χ2n) is 4.05. The van der Waals surface area contributed by atoms with Crippen LogP contribution >= 0.6 is 0 Å². The summed E-state index contributed by atoms with van der Waals surface area (Å²) in [6, 6.07) is 0. The van der Waals surface area contributed by atoms with Crippen molar-refractivity contribution in [3.05, 3.63) is 23.8 Å². The van der Waals surface area contributed by atoms with Crippen LogP contribution in [0.4, 0.5) is 0 Å². The summed E-state index contributed by atoms with van der Waals surface area (Å²) in [6.45, 7) is 6.77. The summed E-state index contributed by atoms with van der Waals surface area (Å²) in [5.41, 5.74) is 1.80. The first-order valence-electron chi connectivity index (χ1n) is 5.18. The predicted molar refractivity (Wildman–Crippen MR) is 69.0 cm³/mol. The quantitative estimate of drug-likeness (QED) is 0.647. The molecular weight excluding hydrogens is 295 g/mol.